The van der Waals surface area contributed by atoms with Gasteiger partial charge in [0, 0.05) is 43.0 Å². The number of amides is 1. The van der Waals surface area contributed by atoms with Crippen molar-refractivity contribution in [2.45, 2.75) is 31.2 Å². The van der Waals surface area contributed by atoms with Gasteiger partial charge in [0.15, 0.2) is 5.78 Å². The Bertz CT molecular complexity index is 1270. The molecule has 1 unspecified atom stereocenters. The van der Waals surface area contributed by atoms with Crippen molar-refractivity contribution in [3.05, 3.63) is 88.4 Å². The fourth-order valence-electron chi connectivity index (χ4n) is 5.49. The van der Waals surface area contributed by atoms with Gasteiger partial charge in [0.2, 0.25) is 5.91 Å². The zero-order chi connectivity index (χ0) is 23.3. The maximum absolute atomic E-state index is 14.4. The summed E-state index contributed by atoms with van der Waals surface area (Å²) in [7, 11) is 3.63. The maximum Gasteiger partial charge on any atom is 0.248 e. The fraction of sp³-hybridized carbons (Fsp3) is 0.269. The van der Waals surface area contributed by atoms with Gasteiger partial charge in [-0.3, -0.25) is 14.6 Å². The number of ketones is 1. The SMILES string of the molecule is CN(C)N1C(N)=C(C#N)C2(C(=O)N(Cc3ccccc3)c3ccccc32)C2=C1CCCC2=O. The first kappa shape index (κ1) is 21.0. The molecule has 2 aromatic rings. The number of rotatable bonds is 3. The second-order valence-electron chi connectivity index (χ2n) is 8.77. The van der Waals surface area contributed by atoms with Crippen LogP contribution in [0, 0.1) is 11.3 Å². The highest BCUT2D eigenvalue weighted by Crippen LogP contribution is 2.56. The van der Waals surface area contributed by atoms with Crippen molar-refractivity contribution in [3.8, 4) is 6.07 Å². The van der Waals surface area contributed by atoms with Crippen LogP contribution in [-0.2, 0) is 21.5 Å². The van der Waals surface area contributed by atoms with Crippen LogP contribution in [-0.4, -0.2) is 35.8 Å². The predicted molar refractivity (Wildman–Crippen MR) is 124 cm³/mol. The molecule has 0 saturated heterocycles. The van der Waals surface area contributed by atoms with E-state index in [0.29, 0.717) is 48.3 Å². The number of hydrazine groups is 1. The Labute approximate surface area is 193 Å². The number of fused-ring (bicyclic) bond motifs is 3. The highest BCUT2D eigenvalue weighted by molar-refractivity contribution is 6.20. The first-order valence-corrected chi connectivity index (χ1v) is 11.0. The number of nitrogens with zero attached hydrogens (tertiary/aromatic N) is 4. The van der Waals surface area contributed by atoms with E-state index >= 15 is 0 Å². The van der Waals surface area contributed by atoms with E-state index in [1.165, 1.54) is 0 Å². The Morgan fingerprint density at radius 1 is 1.06 bits per heavy atom. The van der Waals surface area contributed by atoms with Gasteiger partial charge >= 0.3 is 0 Å². The molecule has 2 heterocycles. The Kier molecular flexibility index (Phi) is 4.84. The molecule has 7 heteroatoms. The molecule has 2 aliphatic heterocycles. The largest absolute Gasteiger partial charge is 0.383 e. The maximum atomic E-state index is 14.4. The lowest BCUT2D eigenvalue weighted by Gasteiger charge is -2.45. The molecule has 1 atom stereocenters. The van der Waals surface area contributed by atoms with Gasteiger partial charge in [0.05, 0.1) is 12.1 Å². The lowest BCUT2D eigenvalue weighted by molar-refractivity contribution is -0.124. The number of hydrogen-bond donors (Lipinski definition) is 1. The molecule has 3 aliphatic rings. The van der Waals surface area contributed by atoms with Crippen molar-refractivity contribution in [2.75, 3.05) is 19.0 Å². The molecule has 7 nitrogen and oxygen atoms in total. The molecular weight excluding hydrogens is 414 g/mol. The van der Waals surface area contributed by atoms with E-state index in [9.17, 15) is 14.9 Å². The summed E-state index contributed by atoms with van der Waals surface area (Å²) >= 11 is 0. The highest BCUT2D eigenvalue weighted by atomic mass is 16.2. The third-order valence-electron chi connectivity index (χ3n) is 6.73. The standard InChI is InChI=1S/C26H25N5O2/c1-29(2)31-21-13-8-14-22(32)23(21)26(19(15-27)24(31)28)18-11-6-7-12-20(18)30(25(26)33)16-17-9-4-3-5-10-17/h3-7,9-12H,8,13-14,16,28H2,1-2H3. The Morgan fingerprint density at radius 3 is 2.45 bits per heavy atom. The predicted octanol–water partition coefficient (Wildman–Crippen LogP) is 2.96. The molecule has 0 bridgehead atoms. The van der Waals surface area contributed by atoms with Gasteiger partial charge in [-0.2, -0.15) is 5.26 Å². The van der Waals surface area contributed by atoms with Gasteiger partial charge in [-0.05, 0) is 24.5 Å². The Hall–Kier alpha value is -3.89. The summed E-state index contributed by atoms with van der Waals surface area (Å²) in [5.74, 6) is -0.207. The number of Topliss-reactive ketones (excluding diaryl/α,β-unsaturated/α-hetero) is 1. The van der Waals surface area contributed by atoms with Crippen molar-refractivity contribution in [1.82, 2.24) is 10.0 Å². The van der Waals surface area contributed by atoms with Crippen molar-refractivity contribution in [2.24, 2.45) is 5.73 Å². The van der Waals surface area contributed by atoms with Gasteiger partial charge in [0.1, 0.15) is 17.3 Å². The molecule has 1 amide bonds. The Balaban J connectivity index is 1.82. The van der Waals surface area contributed by atoms with E-state index in [2.05, 4.69) is 6.07 Å². The first-order valence-electron chi connectivity index (χ1n) is 11.0. The Morgan fingerprint density at radius 2 is 1.76 bits per heavy atom. The van der Waals surface area contributed by atoms with Crippen LogP contribution >= 0.6 is 0 Å². The van der Waals surface area contributed by atoms with Crippen molar-refractivity contribution < 1.29 is 9.59 Å². The van der Waals surface area contributed by atoms with Crippen LogP contribution < -0.4 is 10.6 Å². The minimum atomic E-state index is -1.52. The number of carbonyl (C=O) groups excluding carboxylic acids is 2. The van der Waals surface area contributed by atoms with E-state index in [0.717, 1.165) is 5.56 Å². The number of allylic oxidation sites excluding steroid dienone is 1. The average Bonchev–Trinajstić information content (AvgIpc) is 3.03. The highest BCUT2D eigenvalue weighted by Gasteiger charge is 2.62. The van der Waals surface area contributed by atoms with E-state index in [1.807, 2.05) is 68.7 Å². The summed E-state index contributed by atoms with van der Waals surface area (Å²) in [6.07, 6.45) is 1.62. The van der Waals surface area contributed by atoms with Gasteiger partial charge in [-0.15, -0.1) is 0 Å². The van der Waals surface area contributed by atoms with Crippen LogP contribution in [0.4, 0.5) is 5.69 Å². The number of nitriles is 1. The topological polar surface area (TPSA) is 93.7 Å². The summed E-state index contributed by atoms with van der Waals surface area (Å²) in [6, 6.07) is 19.4. The third kappa shape index (κ3) is 2.77. The molecule has 0 saturated carbocycles. The quantitative estimate of drug-likeness (QED) is 0.790. The summed E-state index contributed by atoms with van der Waals surface area (Å²) in [4.78, 5) is 29.6. The van der Waals surface area contributed by atoms with Crippen molar-refractivity contribution in [3.63, 3.8) is 0 Å². The molecule has 166 valence electrons. The number of anilines is 1. The van der Waals surface area contributed by atoms with E-state index in [-0.39, 0.29) is 23.1 Å². The van der Waals surface area contributed by atoms with Crippen LogP contribution in [0.3, 0.4) is 0 Å². The number of hydrogen-bond acceptors (Lipinski definition) is 6. The molecular formula is C26H25N5O2. The molecule has 0 radical (unpaired) electrons. The zero-order valence-electron chi connectivity index (χ0n) is 18.7. The van der Waals surface area contributed by atoms with E-state index in [4.69, 9.17) is 5.73 Å². The van der Waals surface area contributed by atoms with Gasteiger partial charge in [-0.1, -0.05) is 48.5 Å². The summed E-state index contributed by atoms with van der Waals surface area (Å²) in [5.41, 5.74) is 8.58. The minimum absolute atomic E-state index is 0.104. The molecule has 1 spiro atoms. The average molecular weight is 440 g/mol. The van der Waals surface area contributed by atoms with Crippen LogP contribution in [0.15, 0.2) is 77.3 Å². The molecule has 2 aromatic carbocycles. The minimum Gasteiger partial charge on any atom is -0.383 e. The van der Waals surface area contributed by atoms with Gasteiger partial charge in [0.25, 0.3) is 0 Å². The van der Waals surface area contributed by atoms with Crippen LogP contribution in [0.2, 0.25) is 0 Å². The fourth-order valence-corrected chi connectivity index (χ4v) is 5.49. The molecule has 1 aliphatic carbocycles. The number of benzene rings is 2. The molecule has 0 fully saturated rings. The zero-order valence-corrected chi connectivity index (χ0v) is 18.7. The van der Waals surface area contributed by atoms with Gasteiger partial charge < -0.3 is 10.6 Å². The lowest BCUT2D eigenvalue weighted by atomic mass is 9.64. The van der Waals surface area contributed by atoms with Gasteiger partial charge in [-0.25, -0.2) is 5.01 Å². The summed E-state index contributed by atoms with van der Waals surface area (Å²) in [5, 5.41) is 13.8. The molecule has 5 rings (SSSR count). The second kappa shape index (κ2) is 7.61. The van der Waals surface area contributed by atoms with Crippen LogP contribution in [0.25, 0.3) is 0 Å². The third-order valence-corrected chi connectivity index (χ3v) is 6.73. The molecule has 33 heavy (non-hydrogen) atoms. The molecule has 0 aromatic heterocycles. The molecule has 2 N–H and O–H groups in total. The smallest absolute Gasteiger partial charge is 0.248 e. The van der Waals surface area contributed by atoms with E-state index < -0.39 is 5.41 Å². The monoisotopic (exact) mass is 439 g/mol. The summed E-state index contributed by atoms with van der Waals surface area (Å²) < 4.78 is 0. The first-order chi connectivity index (χ1) is 15.9. The lowest BCUT2D eigenvalue weighted by Crippen LogP contribution is -2.54. The number of carbonyl (C=O) groups is 2. The second-order valence-corrected chi connectivity index (χ2v) is 8.77. The van der Waals surface area contributed by atoms with Crippen molar-refractivity contribution in [1.29, 1.82) is 5.26 Å². The van der Waals surface area contributed by atoms with Crippen LogP contribution in [0.1, 0.15) is 30.4 Å². The summed E-state index contributed by atoms with van der Waals surface area (Å²) in [6.45, 7) is 0.339. The number of para-hydroxylation sites is 1. The van der Waals surface area contributed by atoms with Crippen molar-refractivity contribution >= 4 is 17.4 Å². The normalized spacial score (nSPS) is 22.2. The van der Waals surface area contributed by atoms with Crippen LogP contribution in [0.5, 0.6) is 0 Å². The number of nitrogens with two attached hydrogens (primary N) is 1. The van der Waals surface area contributed by atoms with E-state index in [1.54, 1.807) is 14.9 Å².